The van der Waals surface area contributed by atoms with Crippen molar-refractivity contribution in [1.29, 1.82) is 0 Å². The predicted molar refractivity (Wildman–Crippen MR) is 67.4 cm³/mol. The number of carboxylic acids is 1. The predicted octanol–water partition coefficient (Wildman–Crippen LogP) is 3.67. The van der Waals surface area contributed by atoms with Crippen LogP contribution >= 0.6 is 11.6 Å². The smallest absolute Gasteiger partial charge is 0.335 e. The van der Waals surface area contributed by atoms with Crippen LogP contribution in [-0.2, 0) is 0 Å². The van der Waals surface area contributed by atoms with Crippen LogP contribution in [0.4, 0.5) is 4.39 Å². The zero-order valence-corrected chi connectivity index (χ0v) is 10.6. The molecule has 1 aromatic heterocycles. The van der Waals surface area contributed by atoms with Gasteiger partial charge in [0.05, 0.1) is 10.6 Å². The number of hydrogen-bond donors (Lipinski definition) is 1. The quantitative estimate of drug-likeness (QED) is 0.932. The SMILES string of the molecule is Cc1ccc(C(=O)O)cc1Oc1ncc(Cl)cc1F. The van der Waals surface area contributed by atoms with E-state index in [1.807, 2.05) is 0 Å². The van der Waals surface area contributed by atoms with Crippen molar-refractivity contribution in [1.82, 2.24) is 4.98 Å². The summed E-state index contributed by atoms with van der Waals surface area (Å²) in [5, 5.41) is 9.05. The minimum atomic E-state index is -1.09. The van der Waals surface area contributed by atoms with Crippen LogP contribution in [0.3, 0.4) is 0 Å². The van der Waals surface area contributed by atoms with E-state index in [-0.39, 0.29) is 22.2 Å². The van der Waals surface area contributed by atoms with Crippen LogP contribution in [0.25, 0.3) is 0 Å². The highest BCUT2D eigenvalue weighted by Gasteiger charge is 2.11. The Balaban J connectivity index is 2.37. The van der Waals surface area contributed by atoms with E-state index >= 15 is 0 Å². The first kappa shape index (κ1) is 13.3. The van der Waals surface area contributed by atoms with Crippen molar-refractivity contribution in [3.8, 4) is 11.6 Å². The molecule has 0 bridgehead atoms. The van der Waals surface area contributed by atoms with Gasteiger partial charge in [-0.25, -0.2) is 14.2 Å². The van der Waals surface area contributed by atoms with Gasteiger partial charge in [0.15, 0.2) is 5.82 Å². The normalized spacial score (nSPS) is 10.3. The minimum absolute atomic E-state index is 0.0509. The molecule has 0 atom stereocenters. The number of benzene rings is 1. The number of carbonyl (C=O) groups is 1. The number of ether oxygens (including phenoxy) is 1. The van der Waals surface area contributed by atoms with E-state index in [2.05, 4.69) is 4.98 Å². The number of nitrogens with zero attached hydrogens (tertiary/aromatic N) is 1. The van der Waals surface area contributed by atoms with E-state index in [0.29, 0.717) is 5.56 Å². The molecule has 98 valence electrons. The minimum Gasteiger partial charge on any atom is -0.478 e. The number of carboxylic acid groups (broad SMARTS) is 1. The fourth-order valence-corrected chi connectivity index (χ4v) is 1.57. The number of rotatable bonds is 3. The Morgan fingerprint density at radius 1 is 1.42 bits per heavy atom. The Hall–Kier alpha value is -2.14. The van der Waals surface area contributed by atoms with Crippen LogP contribution in [0.2, 0.25) is 5.02 Å². The second-order valence-corrected chi connectivity index (χ2v) is 4.26. The average Bonchev–Trinajstić information content (AvgIpc) is 2.34. The topological polar surface area (TPSA) is 59.4 Å². The van der Waals surface area contributed by atoms with E-state index in [1.165, 1.54) is 18.3 Å². The highest BCUT2D eigenvalue weighted by Crippen LogP contribution is 2.27. The maximum absolute atomic E-state index is 13.5. The molecule has 2 rings (SSSR count). The van der Waals surface area contributed by atoms with Crippen molar-refractivity contribution in [2.75, 3.05) is 0 Å². The van der Waals surface area contributed by atoms with Gasteiger partial charge >= 0.3 is 5.97 Å². The van der Waals surface area contributed by atoms with Gasteiger partial charge in [0.1, 0.15) is 5.75 Å². The Labute approximate surface area is 113 Å². The zero-order chi connectivity index (χ0) is 14.0. The van der Waals surface area contributed by atoms with Gasteiger partial charge in [-0.2, -0.15) is 0 Å². The summed E-state index contributed by atoms with van der Waals surface area (Å²) in [5.74, 6) is -1.83. The molecule has 0 saturated heterocycles. The van der Waals surface area contributed by atoms with Gasteiger partial charge in [-0.15, -0.1) is 0 Å². The summed E-state index contributed by atoms with van der Waals surface area (Å²) in [6.07, 6.45) is 1.25. The van der Waals surface area contributed by atoms with Crippen LogP contribution in [0, 0.1) is 12.7 Å². The Morgan fingerprint density at radius 3 is 2.79 bits per heavy atom. The summed E-state index contributed by atoms with van der Waals surface area (Å²) in [5.41, 5.74) is 0.719. The van der Waals surface area contributed by atoms with Crippen LogP contribution in [0.1, 0.15) is 15.9 Å². The molecule has 0 aliphatic heterocycles. The van der Waals surface area contributed by atoms with Crippen LogP contribution < -0.4 is 4.74 Å². The standard InChI is InChI=1S/C13H9ClFNO3/c1-7-2-3-8(13(17)18)4-11(7)19-12-10(15)5-9(14)6-16-12/h2-6H,1H3,(H,17,18). The molecule has 6 heteroatoms. The van der Waals surface area contributed by atoms with E-state index in [4.69, 9.17) is 21.4 Å². The third-order valence-electron chi connectivity index (χ3n) is 2.42. The maximum atomic E-state index is 13.5. The lowest BCUT2D eigenvalue weighted by Gasteiger charge is -2.09. The second-order valence-electron chi connectivity index (χ2n) is 3.83. The molecule has 0 fully saturated rings. The van der Waals surface area contributed by atoms with Gasteiger partial charge in [0.25, 0.3) is 5.88 Å². The van der Waals surface area contributed by atoms with Crippen molar-refractivity contribution < 1.29 is 19.0 Å². The third kappa shape index (κ3) is 3.00. The maximum Gasteiger partial charge on any atom is 0.335 e. The molecule has 1 N–H and O–H groups in total. The van der Waals surface area contributed by atoms with E-state index in [1.54, 1.807) is 13.0 Å². The number of halogens is 2. The molecule has 0 aliphatic rings. The third-order valence-corrected chi connectivity index (χ3v) is 2.62. The Bertz CT molecular complexity index is 646. The largest absolute Gasteiger partial charge is 0.478 e. The van der Waals surface area contributed by atoms with Crippen molar-refractivity contribution in [2.45, 2.75) is 6.92 Å². The van der Waals surface area contributed by atoms with Gasteiger partial charge in [-0.05, 0) is 30.7 Å². The van der Waals surface area contributed by atoms with Crippen molar-refractivity contribution in [3.63, 3.8) is 0 Å². The summed E-state index contributed by atoms with van der Waals surface area (Å²) in [4.78, 5) is 14.6. The van der Waals surface area contributed by atoms with Crippen LogP contribution in [0.15, 0.2) is 30.5 Å². The Morgan fingerprint density at radius 2 is 2.16 bits per heavy atom. The van der Waals surface area contributed by atoms with Crippen LogP contribution in [0.5, 0.6) is 11.6 Å². The molecule has 2 aromatic rings. The van der Waals surface area contributed by atoms with Crippen molar-refractivity contribution >= 4 is 17.6 Å². The molecule has 0 aliphatic carbocycles. The number of pyridine rings is 1. The second kappa shape index (κ2) is 5.24. The fourth-order valence-electron chi connectivity index (χ4n) is 1.42. The monoisotopic (exact) mass is 281 g/mol. The number of aromatic carboxylic acids is 1. The summed E-state index contributed by atoms with van der Waals surface area (Å²) >= 11 is 5.58. The average molecular weight is 282 g/mol. The first-order valence-electron chi connectivity index (χ1n) is 5.30. The van der Waals surface area contributed by atoms with Gasteiger partial charge < -0.3 is 9.84 Å². The van der Waals surface area contributed by atoms with Gasteiger partial charge in [0, 0.05) is 6.20 Å². The first-order chi connectivity index (χ1) is 8.97. The van der Waals surface area contributed by atoms with E-state index in [9.17, 15) is 9.18 Å². The molecule has 0 radical (unpaired) electrons. The van der Waals surface area contributed by atoms with Crippen molar-refractivity contribution in [2.24, 2.45) is 0 Å². The van der Waals surface area contributed by atoms with Crippen LogP contribution in [-0.4, -0.2) is 16.1 Å². The van der Waals surface area contributed by atoms with Crippen molar-refractivity contribution in [3.05, 3.63) is 52.4 Å². The first-order valence-corrected chi connectivity index (χ1v) is 5.68. The lowest BCUT2D eigenvalue weighted by Crippen LogP contribution is -1.99. The summed E-state index contributed by atoms with van der Waals surface area (Å²) in [6, 6.07) is 5.40. The molecule has 0 saturated carbocycles. The summed E-state index contributed by atoms with van der Waals surface area (Å²) in [7, 11) is 0. The molecular weight excluding hydrogens is 273 g/mol. The highest BCUT2D eigenvalue weighted by atomic mass is 35.5. The molecule has 1 aromatic carbocycles. The highest BCUT2D eigenvalue weighted by molar-refractivity contribution is 6.30. The molecule has 0 amide bonds. The van der Waals surface area contributed by atoms with Gasteiger partial charge in [0.2, 0.25) is 0 Å². The van der Waals surface area contributed by atoms with Gasteiger partial charge in [-0.3, -0.25) is 0 Å². The molecule has 0 unspecified atom stereocenters. The lowest BCUT2D eigenvalue weighted by molar-refractivity contribution is 0.0696. The number of aryl methyl sites for hydroxylation is 1. The van der Waals surface area contributed by atoms with E-state index in [0.717, 1.165) is 6.07 Å². The molecule has 0 spiro atoms. The summed E-state index contributed by atoms with van der Waals surface area (Å²) < 4.78 is 18.8. The van der Waals surface area contributed by atoms with E-state index < -0.39 is 11.8 Å². The Kier molecular flexibility index (Phi) is 3.66. The molecular formula is C13H9ClFNO3. The summed E-state index contributed by atoms with van der Waals surface area (Å²) in [6.45, 7) is 1.72. The molecule has 4 nitrogen and oxygen atoms in total. The molecule has 1 heterocycles. The number of aromatic nitrogens is 1. The zero-order valence-electron chi connectivity index (χ0n) is 9.85. The number of hydrogen-bond acceptors (Lipinski definition) is 3. The fraction of sp³-hybridized carbons (Fsp3) is 0.0769. The lowest BCUT2D eigenvalue weighted by atomic mass is 10.1. The van der Waals surface area contributed by atoms with Gasteiger partial charge in [-0.1, -0.05) is 17.7 Å². The molecule has 19 heavy (non-hydrogen) atoms.